The van der Waals surface area contributed by atoms with Gasteiger partial charge in [0.1, 0.15) is 36.8 Å². The van der Waals surface area contributed by atoms with E-state index in [1.165, 1.54) is 24.3 Å². The van der Waals surface area contributed by atoms with E-state index in [2.05, 4.69) is 0 Å². The van der Waals surface area contributed by atoms with E-state index in [1.807, 2.05) is 0 Å². The van der Waals surface area contributed by atoms with Crippen LogP contribution in [0.15, 0.2) is 42.5 Å². The van der Waals surface area contributed by atoms with E-state index >= 15 is 0 Å². The summed E-state index contributed by atoms with van der Waals surface area (Å²) in [6.45, 7) is -0.630. The molecule has 10 heteroatoms. The van der Waals surface area contributed by atoms with Gasteiger partial charge in [0, 0.05) is 0 Å². The Hall–Kier alpha value is -2.89. The van der Waals surface area contributed by atoms with Crippen molar-refractivity contribution < 1.29 is 49.6 Å². The van der Waals surface area contributed by atoms with E-state index in [0.29, 0.717) is 5.56 Å². The lowest BCUT2D eigenvalue weighted by molar-refractivity contribution is -0.277. The standard InChI is InChI=1S/C20H22O10/c21-8-15-16(24)17(25)18(26)20(30-15)29-12-4-1-10(2-5-12)9-28-19(27)11-3-6-13(22)14(23)7-11/h1-7,15-18,20-26H,8-9H2/t15-,16-,17+,18-,20+/m1/s1. The second kappa shape index (κ2) is 9.28. The quantitative estimate of drug-likeness (QED) is 0.267. The number of aromatic hydroxyl groups is 2. The van der Waals surface area contributed by atoms with E-state index in [4.69, 9.17) is 14.2 Å². The Balaban J connectivity index is 1.57. The molecule has 1 aliphatic heterocycles. The fraction of sp³-hybridized carbons (Fsp3) is 0.350. The van der Waals surface area contributed by atoms with Gasteiger partial charge in [0.05, 0.1) is 12.2 Å². The zero-order valence-corrected chi connectivity index (χ0v) is 15.7. The number of carbonyl (C=O) groups is 1. The molecule has 1 saturated heterocycles. The molecular weight excluding hydrogens is 400 g/mol. The Kier molecular flexibility index (Phi) is 6.75. The summed E-state index contributed by atoms with van der Waals surface area (Å²) in [7, 11) is 0. The number of phenols is 2. The highest BCUT2D eigenvalue weighted by molar-refractivity contribution is 5.90. The van der Waals surface area contributed by atoms with Gasteiger partial charge in [-0.1, -0.05) is 12.1 Å². The average molecular weight is 422 g/mol. The molecule has 10 nitrogen and oxygen atoms in total. The van der Waals surface area contributed by atoms with Crippen molar-refractivity contribution in [1.82, 2.24) is 0 Å². The molecule has 30 heavy (non-hydrogen) atoms. The van der Waals surface area contributed by atoms with Crippen LogP contribution in [0.3, 0.4) is 0 Å². The number of carbonyl (C=O) groups excluding carboxylic acids is 1. The van der Waals surface area contributed by atoms with Crippen LogP contribution >= 0.6 is 0 Å². The fourth-order valence-corrected chi connectivity index (χ4v) is 2.85. The second-order valence-electron chi connectivity index (χ2n) is 6.74. The summed E-state index contributed by atoms with van der Waals surface area (Å²) < 4.78 is 15.9. The number of aliphatic hydroxyl groups is 4. The molecule has 0 amide bonds. The zero-order valence-electron chi connectivity index (χ0n) is 15.7. The maximum Gasteiger partial charge on any atom is 0.338 e. The number of phenolic OH excluding ortho intramolecular Hbond substituents is 2. The van der Waals surface area contributed by atoms with E-state index in [9.17, 15) is 35.4 Å². The second-order valence-corrected chi connectivity index (χ2v) is 6.74. The highest BCUT2D eigenvalue weighted by atomic mass is 16.7. The molecule has 1 heterocycles. The summed E-state index contributed by atoms with van der Waals surface area (Å²) in [5, 5.41) is 57.5. The first-order valence-electron chi connectivity index (χ1n) is 9.05. The Morgan fingerprint density at radius 2 is 1.63 bits per heavy atom. The third-order valence-electron chi connectivity index (χ3n) is 4.61. The van der Waals surface area contributed by atoms with Crippen molar-refractivity contribution in [2.24, 2.45) is 0 Å². The number of ether oxygens (including phenoxy) is 3. The maximum atomic E-state index is 12.0. The van der Waals surface area contributed by atoms with Gasteiger partial charge in [-0.2, -0.15) is 0 Å². The van der Waals surface area contributed by atoms with Crippen molar-refractivity contribution >= 4 is 5.97 Å². The van der Waals surface area contributed by atoms with Crippen molar-refractivity contribution in [2.45, 2.75) is 37.3 Å². The molecule has 6 N–H and O–H groups in total. The van der Waals surface area contributed by atoms with E-state index in [1.54, 1.807) is 12.1 Å². The molecule has 1 aliphatic rings. The third-order valence-corrected chi connectivity index (χ3v) is 4.61. The topological polar surface area (TPSA) is 166 Å². The summed E-state index contributed by atoms with van der Waals surface area (Å²) in [6, 6.07) is 9.83. The van der Waals surface area contributed by atoms with Crippen LogP contribution in [0.5, 0.6) is 17.2 Å². The molecule has 0 bridgehead atoms. The molecule has 0 saturated carbocycles. The first-order valence-corrected chi connectivity index (χ1v) is 9.05. The first-order chi connectivity index (χ1) is 14.3. The molecule has 0 unspecified atom stereocenters. The maximum absolute atomic E-state index is 12.0. The van der Waals surface area contributed by atoms with Crippen LogP contribution < -0.4 is 4.74 Å². The van der Waals surface area contributed by atoms with Gasteiger partial charge >= 0.3 is 5.97 Å². The van der Waals surface area contributed by atoms with Crippen LogP contribution in [-0.2, 0) is 16.1 Å². The van der Waals surface area contributed by atoms with Gasteiger partial charge in [0.15, 0.2) is 11.5 Å². The monoisotopic (exact) mass is 422 g/mol. The Morgan fingerprint density at radius 1 is 0.933 bits per heavy atom. The van der Waals surface area contributed by atoms with Crippen LogP contribution in [0.4, 0.5) is 0 Å². The highest BCUT2D eigenvalue weighted by Gasteiger charge is 2.44. The van der Waals surface area contributed by atoms with E-state index in [-0.39, 0.29) is 23.7 Å². The summed E-state index contributed by atoms with van der Waals surface area (Å²) >= 11 is 0. The van der Waals surface area contributed by atoms with Crippen molar-refractivity contribution in [1.29, 1.82) is 0 Å². The molecule has 0 radical (unpaired) electrons. The van der Waals surface area contributed by atoms with Crippen LogP contribution in [-0.4, -0.2) is 73.9 Å². The molecule has 0 aromatic heterocycles. The zero-order chi connectivity index (χ0) is 21.8. The van der Waals surface area contributed by atoms with Gasteiger partial charge in [-0.05, 0) is 35.9 Å². The molecule has 0 spiro atoms. The average Bonchev–Trinajstić information content (AvgIpc) is 2.75. The van der Waals surface area contributed by atoms with Crippen LogP contribution in [0.25, 0.3) is 0 Å². The number of rotatable bonds is 6. The predicted molar refractivity (Wildman–Crippen MR) is 99.7 cm³/mol. The van der Waals surface area contributed by atoms with Crippen LogP contribution in [0.2, 0.25) is 0 Å². The lowest BCUT2D eigenvalue weighted by atomic mass is 9.99. The minimum Gasteiger partial charge on any atom is -0.504 e. The Morgan fingerprint density at radius 3 is 2.27 bits per heavy atom. The summed E-state index contributed by atoms with van der Waals surface area (Å²) in [5.41, 5.74) is 0.695. The van der Waals surface area contributed by atoms with Crippen molar-refractivity contribution in [3.63, 3.8) is 0 Å². The molecule has 5 atom stereocenters. The number of aliphatic hydroxyl groups excluding tert-OH is 4. The number of hydrogen-bond donors (Lipinski definition) is 6. The van der Waals surface area contributed by atoms with E-state index in [0.717, 1.165) is 6.07 Å². The van der Waals surface area contributed by atoms with Crippen molar-refractivity contribution in [3.8, 4) is 17.2 Å². The Labute approximate surface area is 171 Å². The number of benzene rings is 2. The number of hydrogen-bond acceptors (Lipinski definition) is 10. The minimum absolute atomic E-state index is 0.0687. The predicted octanol–water partition coefficient (Wildman–Crippen LogP) is -0.367. The van der Waals surface area contributed by atoms with Gasteiger partial charge in [0.2, 0.25) is 6.29 Å². The summed E-state index contributed by atoms with van der Waals surface area (Å²) in [4.78, 5) is 12.0. The van der Waals surface area contributed by atoms with Crippen molar-refractivity contribution in [2.75, 3.05) is 6.61 Å². The van der Waals surface area contributed by atoms with Gasteiger partial charge in [-0.3, -0.25) is 0 Å². The number of esters is 1. The fourth-order valence-electron chi connectivity index (χ4n) is 2.85. The Bertz CT molecular complexity index is 866. The van der Waals surface area contributed by atoms with Crippen LogP contribution in [0.1, 0.15) is 15.9 Å². The molecule has 162 valence electrons. The largest absolute Gasteiger partial charge is 0.504 e. The summed E-state index contributed by atoms with van der Waals surface area (Å²) in [6.07, 6.45) is -6.92. The van der Waals surface area contributed by atoms with Gasteiger partial charge in [-0.25, -0.2) is 4.79 Å². The van der Waals surface area contributed by atoms with Crippen LogP contribution in [0, 0.1) is 0 Å². The molecule has 2 aromatic rings. The van der Waals surface area contributed by atoms with Gasteiger partial charge < -0.3 is 44.8 Å². The lowest BCUT2D eigenvalue weighted by Gasteiger charge is -2.39. The van der Waals surface area contributed by atoms with E-state index < -0.39 is 49.0 Å². The van der Waals surface area contributed by atoms with Crippen molar-refractivity contribution in [3.05, 3.63) is 53.6 Å². The highest BCUT2D eigenvalue weighted by Crippen LogP contribution is 2.26. The SMILES string of the molecule is O=C(OCc1ccc(O[C@H]2O[C@H](CO)[C@@H](O)[C@H](O)[C@H]2O)cc1)c1ccc(O)c(O)c1. The minimum atomic E-state index is -1.54. The molecule has 1 fully saturated rings. The molecule has 0 aliphatic carbocycles. The smallest absolute Gasteiger partial charge is 0.338 e. The summed E-state index contributed by atoms with van der Waals surface area (Å²) in [5.74, 6) is -1.19. The lowest BCUT2D eigenvalue weighted by Crippen LogP contribution is -2.60. The molecule has 3 rings (SSSR count). The molecule has 2 aromatic carbocycles. The van der Waals surface area contributed by atoms with Gasteiger partial charge in [-0.15, -0.1) is 0 Å². The molecular formula is C20H22O10. The normalized spacial score (nSPS) is 26.2. The third kappa shape index (κ3) is 4.81. The first kappa shape index (κ1) is 21.8. The van der Waals surface area contributed by atoms with Gasteiger partial charge in [0.25, 0.3) is 0 Å².